The van der Waals surface area contributed by atoms with Crippen LogP contribution in [0.25, 0.3) is 0 Å². The Morgan fingerprint density at radius 2 is 1.95 bits per heavy atom. The fourth-order valence-corrected chi connectivity index (χ4v) is 1.69. The van der Waals surface area contributed by atoms with Gasteiger partial charge in [-0.3, -0.25) is 0 Å². The number of carboxylic acids is 1. The van der Waals surface area contributed by atoms with Gasteiger partial charge in [-0.2, -0.15) is 0 Å². The highest BCUT2D eigenvalue weighted by molar-refractivity contribution is 5.82. The quantitative estimate of drug-likeness (QED) is 0.686. The normalized spacial score (nSPS) is 11.7. The number of urea groups is 1. The van der Waals surface area contributed by atoms with Crippen molar-refractivity contribution in [2.24, 2.45) is 0 Å². The number of aliphatic hydroxyl groups excluding tert-OH is 1. The van der Waals surface area contributed by atoms with Crippen molar-refractivity contribution in [2.45, 2.75) is 18.9 Å². The Labute approximate surface area is 118 Å². The van der Waals surface area contributed by atoms with Crippen LogP contribution in [0.15, 0.2) is 30.3 Å². The molecule has 1 rings (SSSR count). The van der Waals surface area contributed by atoms with Gasteiger partial charge in [-0.1, -0.05) is 30.3 Å². The summed E-state index contributed by atoms with van der Waals surface area (Å²) in [5.74, 6) is -1.15. The highest BCUT2D eigenvalue weighted by Gasteiger charge is 2.20. The minimum atomic E-state index is -1.15. The van der Waals surface area contributed by atoms with Crippen LogP contribution in [0, 0.1) is 0 Å². The summed E-state index contributed by atoms with van der Waals surface area (Å²) in [5.41, 5.74) is 1.11. The van der Waals surface area contributed by atoms with Gasteiger partial charge < -0.3 is 20.4 Å². The maximum Gasteiger partial charge on any atom is 0.326 e. The Kier molecular flexibility index (Phi) is 6.52. The molecule has 0 aliphatic rings. The minimum absolute atomic E-state index is 0.00635. The molecule has 110 valence electrons. The first kappa shape index (κ1) is 16.0. The lowest BCUT2D eigenvalue weighted by Gasteiger charge is -2.21. The first-order valence-corrected chi connectivity index (χ1v) is 6.43. The molecular formula is C14H20N2O4. The molecule has 2 amide bonds. The summed E-state index contributed by atoms with van der Waals surface area (Å²) in [7, 11) is 1.61. The molecule has 0 spiro atoms. The number of hydrogen-bond acceptors (Lipinski definition) is 3. The fourth-order valence-electron chi connectivity index (χ4n) is 1.69. The summed E-state index contributed by atoms with van der Waals surface area (Å²) >= 11 is 0. The second-order valence-electron chi connectivity index (χ2n) is 4.51. The average molecular weight is 280 g/mol. The number of carbonyl (C=O) groups is 2. The summed E-state index contributed by atoms with van der Waals surface area (Å²) in [6.45, 7) is 0.201. The van der Waals surface area contributed by atoms with Crippen LogP contribution < -0.4 is 5.32 Å². The zero-order chi connectivity index (χ0) is 15.0. The van der Waals surface area contributed by atoms with Crippen LogP contribution in [0.1, 0.15) is 12.0 Å². The van der Waals surface area contributed by atoms with E-state index in [0.29, 0.717) is 13.0 Å². The van der Waals surface area contributed by atoms with E-state index in [2.05, 4.69) is 5.32 Å². The Bertz CT molecular complexity index is 436. The van der Waals surface area contributed by atoms with Gasteiger partial charge in [-0.25, -0.2) is 9.59 Å². The standard InChI is InChI=1S/C14H20N2O4/c1-16(9-7-11-5-3-2-4-6-11)14(20)15-12(8-10-17)13(18)19/h2-6,12,17H,7-10H2,1H3,(H,15,20)(H,18,19). The van der Waals surface area contributed by atoms with Crippen molar-refractivity contribution in [3.8, 4) is 0 Å². The van der Waals surface area contributed by atoms with Crippen molar-refractivity contribution < 1.29 is 19.8 Å². The third-order valence-corrected chi connectivity index (χ3v) is 2.94. The largest absolute Gasteiger partial charge is 0.480 e. The van der Waals surface area contributed by atoms with E-state index in [1.54, 1.807) is 7.05 Å². The highest BCUT2D eigenvalue weighted by Crippen LogP contribution is 2.01. The molecular weight excluding hydrogens is 260 g/mol. The topological polar surface area (TPSA) is 89.9 Å². The number of hydrogen-bond donors (Lipinski definition) is 3. The second-order valence-corrected chi connectivity index (χ2v) is 4.51. The zero-order valence-electron chi connectivity index (χ0n) is 11.5. The first-order chi connectivity index (χ1) is 9.54. The fraction of sp³-hybridized carbons (Fsp3) is 0.429. The van der Waals surface area contributed by atoms with Gasteiger partial charge in [0.2, 0.25) is 0 Å². The Morgan fingerprint density at radius 3 is 2.50 bits per heavy atom. The zero-order valence-corrected chi connectivity index (χ0v) is 11.5. The molecule has 0 aromatic heterocycles. The lowest BCUT2D eigenvalue weighted by molar-refractivity contribution is -0.139. The van der Waals surface area contributed by atoms with Crippen LogP contribution in [0.4, 0.5) is 4.79 Å². The maximum atomic E-state index is 11.8. The van der Waals surface area contributed by atoms with Crippen molar-refractivity contribution in [3.63, 3.8) is 0 Å². The summed E-state index contributed by atoms with van der Waals surface area (Å²) < 4.78 is 0. The number of carbonyl (C=O) groups excluding carboxylic acids is 1. The molecule has 0 fully saturated rings. The van der Waals surface area contributed by atoms with Crippen LogP contribution in [0.2, 0.25) is 0 Å². The van der Waals surface area contributed by atoms with Gasteiger partial charge in [0.25, 0.3) is 0 Å². The van der Waals surface area contributed by atoms with Crippen LogP contribution in [0.5, 0.6) is 0 Å². The van der Waals surface area contributed by atoms with E-state index in [9.17, 15) is 9.59 Å². The van der Waals surface area contributed by atoms with Crippen LogP contribution in [-0.2, 0) is 11.2 Å². The maximum absolute atomic E-state index is 11.8. The van der Waals surface area contributed by atoms with E-state index in [4.69, 9.17) is 10.2 Å². The molecule has 1 aromatic carbocycles. The van der Waals surface area contributed by atoms with Crippen molar-refractivity contribution in [3.05, 3.63) is 35.9 Å². The number of likely N-dealkylation sites (N-methyl/N-ethyl adjacent to an activating group) is 1. The summed E-state index contributed by atoms with van der Waals surface area (Å²) in [5, 5.41) is 20.0. The van der Waals surface area contributed by atoms with E-state index in [1.165, 1.54) is 4.90 Å². The second kappa shape index (κ2) is 8.16. The van der Waals surface area contributed by atoms with Gasteiger partial charge in [-0.05, 0) is 12.0 Å². The van der Waals surface area contributed by atoms with Gasteiger partial charge in [0.1, 0.15) is 6.04 Å². The highest BCUT2D eigenvalue weighted by atomic mass is 16.4. The monoisotopic (exact) mass is 280 g/mol. The molecule has 0 heterocycles. The molecule has 3 N–H and O–H groups in total. The average Bonchev–Trinajstić information content (AvgIpc) is 2.45. The predicted molar refractivity (Wildman–Crippen MR) is 74.4 cm³/mol. The number of amides is 2. The molecule has 0 radical (unpaired) electrons. The molecule has 0 saturated heterocycles. The molecule has 0 bridgehead atoms. The van der Waals surface area contributed by atoms with E-state index in [0.717, 1.165) is 5.56 Å². The smallest absolute Gasteiger partial charge is 0.326 e. The van der Waals surface area contributed by atoms with Crippen LogP contribution >= 0.6 is 0 Å². The summed E-state index contributed by atoms with van der Waals surface area (Å²) in [6.07, 6.45) is 0.691. The third kappa shape index (κ3) is 5.27. The van der Waals surface area contributed by atoms with Crippen molar-refractivity contribution >= 4 is 12.0 Å². The first-order valence-electron chi connectivity index (χ1n) is 6.43. The van der Waals surface area contributed by atoms with E-state index in [-0.39, 0.29) is 13.0 Å². The number of benzene rings is 1. The number of aliphatic hydroxyl groups is 1. The molecule has 0 aliphatic heterocycles. The van der Waals surface area contributed by atoms with Gasteiger partial charge >= 0.3 is 12.0 Å². The van der Waals surface area contributed by atoms with E-state index < -0.39 is 18.0 Å². The molecule has 20 heavy (non-hydrogen) atoms. The number of aliphatic carboxylic acids is 1. The number of nitrogens with one attached hydrogen (secondary N) is 1. The molecule has 1 atom stereocenters. The number of rotatable bonds is 7. The van der Waals surface area contributed by atoms with Gasteiger partial charge in [0.15, 0.2) is 0 Å². The molecule has 6 heteroatoms. The lowest BCUT2D eigenvalue weighted by atomic mass is 10.1. The molecule has 1 unspecified atom stereocenters. The van der Waals surface area contributed by atoms with Gasteiger partial charge in [0.05, 0.1) is 0 Å². The molecule has 0 saturated carbocycles. The van der Waals surface area contributed by atoms with Crippen molar-refractivity contribution in [2.75, 3.05) is 20.2 Å². The molecule has 1 aromatic rings. The predicted octanol–water partition coefficient (Wildman–Crippen LogP) is 0.706. The van der Waals surface area contributed by atoms with Crippen molar-refractivity contribution in [1.82, 2.24) is 10.2 Å². The SMILES string of the molecule is CN(CCc1ccccc1)C(=O)NC(CCO)C(=O)O. The van der Waals surface area contributed by atoms with Crippen molar-refractivity contribution in [1.29, 1.82) is 0 Å². The van der Waals surface area contributed by atoms with E-state index in [1.807, 2.05) is 30.3 Å². The summed E-state index contributed by atoms with van der Waals surface area (Å²) in [4.78, 5) is 24.1. The summed E-state index contributed by atoms with van der Waals surface area (Å²) in [6, 6.07) is 8.20. The number of nitrogens with zero attached hydrogens (tertiary/aromatic N) is 1. The molecule has 0 aliphatic carbocycles. The molecule has 6 nitrogen and oxygen atoms in total. The van der Waals surface area contributed by atoms with Gasteiger partial charge in [-0.15, -0.1) is 0 Å². The van der Waals surface area contributed by atoms with Gasteiger partial charge in [0, 0.05) is 26.6 Å². The van der Waals surface area contributed by atoms with E-state index >= 15 is 0 Å². The number of carboxylic acid groups (broad SMARTS) is 1. The Morgan fingerprint density at radius 1 is 1.30 bits per heavy atom. The lowest BCUT2D eigenvalue weighted by Crippen LogP contribution is -2.47. The van der Waals surface area contributed by atoms with Crippen LogP contribution in [-0.4, -0.2) is 53.4 Å². The van der Waals surface area contributed by atoms with Crippen LogP contribution in [0.3, 0.4) is 0 Å². The Balaban J connectivity index is 2.44. The third-order valence-electron chi connectivity index (χ3n) is 2.94. The minimum Gasteiger partial charge on any atom is -0.480 e. The Hall–Kier alpha value is -2.08.